The number of halogens is 1. The lowest BCUT2D eigenvalue weighted by atomic mass is 10.2. The minimum absolute atomic E-state index is 0.0563. The number of urea groups is 1. The minimum atomic E-state index is -0.308. The van der Waals surface area contributed by atoms with E-state index < -0.39 is 0 Å². The number of aromatic nitrogens is 1. The third-order valence-corrected chi connectivity index (χ3v) is 5.55. The quantitative estimate of drug-likeness (QED) is 0.516. The van der Waals surface area contributed by atoms with Crippen molar-refractivity contribution in [3.8, 4) is 5.75 Å². The summed E-state index contributed by atoms with van der Waals surface area (Å²) in [6.07, 6.45) is 1.66. The average Bonchev–Trinajstić information content (AvgIpc) is 2.84. The van der Waals surface area contributed by atoms with E-state index in [0.29, 0.717) is 36.2 Å². The number of hydrogen-bond acceptors (Lipinski definition) is 5. The molecule has 2 heterocycles. The standard InChI is InChI=1S/C25H27ClN4O3/c26-23-14-20(9-10-24(23)33-18-21-8-4-5-11-27-21)29-25(31)28-15-22-17-30(12-13-32-22)16-19-6-2-1-3-7-19/h1-11,14,22H,12-13,15-18H2,(H2,28,29,31). The highest BCUT2D eigenvalue weighted by Crippen LogP contribution is 2.28. The Morgan fingerprint density at radius 2 is 2.00 bits per heavy atom. The second kappa shape index (κ2) is 11.7. The first kappa shape index (κ1) is 23.0. The molecule has 1 atom stereocenters. The summed E-state index contributed by atoms with van der Waals surface area (Å²) in [4.78, 5) is 18.9. The van der Waals surface area contributed by atoms with E-state index in [2.05, 4.69) is 32.7 Å². The number of nitrogens with zero attached hydrogens (tertiary/aromatic N) is 2. The molecule has 3 aromatic rings. The number of anilines is 1. The lowest BCUT2D eigenvalue weighted by Gasteiger charge is -2.33. The van der Waals surface area contributed by atoms with Crippen molar-refractivity contribution in [3.63, 3.8) is 0 Å². The van der Waals surface area contributed by atoms with Gasteiger partial charge in [-0.15, -0.1) is 0 Å². The lowest BCUT2D eigenvalue weighted by molar-refractivity contribution is -0.0285. The molecule has 2 aromatic carbocycles. The van der Waals surface area contributed by atoms with Crippen LogP contribution in [0.1, 0.15) is 11.3 Å². The molecule has 0 radical (unpaired) electrons. The zero-order valence-corrected chi connectivity index (χ0v) is 19.0. The van der Waals surface area contributed by atoms with Gasteiger partial charge in [0.05, 0.1) is 23.4 Å². The number of carbonyl (C=O) groups excluding carboxylic acids is 1. The molecule has 0 spiro atoms. The van der Waals surface area contributed by atoms with Crippen molar-refractivity contribution in [2.24, 2.45) is 0 Å². The number of ether oxygens (including phenoxy) is 2. The first-order valence-corrected chi connectivity index (χ1v) is 11.3. The molecular weight excluding hydrogens is 440 g/mol. The van der Waals surface area contributed by atoms with Gasteiger partial charge in [0.2, 0.25) is 0 Å². The van der Waals surface area contributed by atoms with Crippen molar-refractivity contribution < 1.29 is 14.3 Å². The fourth-order valence-corrected chi connectivity index (χ4v) is 3.84. The summed E-state index contributed by atoms with van der Waals surface area (Å²) in [5.74, 6) is 0.530. The maximum absolute atomic E-state index is 12.4. The number of benzene rings is 2. The van der Waals surface area contributed by atoms with Crippen molar-refractivity contribution >= 4 is 23.3 Å². The van der Waals surface area contributed by atoms with Crippen molar-refractivity contribution in [2.45, 2.75) is 19.3 Å². The van der Waals surface area contributed by atoms with Gasteiger partial charge in [0.25, 0.3) is 0 Å². The molecule has 0 saturated carbocycles. The average molecular weight is 467 g/mol. The number of hydrogen-bond donors (Lipinski definition) is 2. The van der Waals surface area contributed by atoms with Gasteiger partial charge in [-0.3, -0.25) is 9.88 Å². The van der Waals surface area contributed by atoms with E-state index in [1.165, 1.54) is 5.56 Å². The normalized spacial score (nSPS) is 16.2. The molecular formula is C25H27ClN4O3. The van der Waals surface area contributed by atoms with Gasteiger partial charge in [0.15, 0.2) is 0 Å². The molecule has 1 aliphatic rings. The van der Waals surface area contributed by atoms with Gasteiger partial charge in [0, 0.05) is 38.1 Å². The molecule has 2 N–H and O–H groups in total. The smallest absolute Gasteiger partial charge is 0.319 e. The van der Waals surface area contributed by atoms with E-state index in [1.807, 2.05) is 36.4 Å². The Balaban J connectivity index is 1.22. The number of morpholine rings is 1. The highest BCUT2D eigenvalue weighted by molar-refractivity contribution is 6.32. The highest BCUT2D eigenvalue weighted by Gasteiger charge is 2.21. The van der Waals surface area contributed by atoms with Crippen LogP contribution in [0, 0.1) is 0 Å². The predicted octanol–water partition coefficient (Wildman–Crippen LogP) is 4.34. The van der Waals surface area contributed by atoms with Gasteiger partial charge in [-0.1, -0.05) is 48.0 Å². The topological polar surface area (TPSA) is 75.7 Å². The molecule has 1 aromatic heterocycles. The van der Waals surface area contributed by atoms with E-state index >= 15 is 0 Å². The summed E-state index contributed by atoms with van der Waals surface area (Å²) in [5, 5.41) is 6.10. The van der Waals surface area contributed by atoms with Crippen LogP contribution in [-0.2, 0) is 17.9 Å². The number of nitrogens with one attached hydrogen (secondary N) is 2. The number of rotatable bonds is 8. The van der Waals surface area contributed by atoms with Gasteiger partial charge in [-0.25, -0.2) is 4.79 Å². The van der Waals surface area contributed by atoms with Crippen LogP contribution >= 0.6 is 11.6 Å². The Kier molecular flexibility index (Phi) is 8.14. The van der Waals surface area contributed by atoms with Crippen molar-refractivity contribution in [2.75, 3.05) is 31.6 Å². The maximum atomic E-state index is 12.4. The van der Waals surface area contributed by atoms with Crippen molar-refractivity contribution in [1.29, 1.82) is 0 Å². The van der Waals surface area contributed by atoms with Crippen LogP contribution in [0.25, 0.3) is 0 Å². The van der Waals surface area contributed by atoms with E-state index in [1.54, 1.807) is 24.4 Å². The Morgan fingerprint density at radius 1 is 1.15 bits per heavy atom. The molecule has 33 heavy (non-hydrogen) atoms. The molecule has 7 nitrogen and oxygen atoms in total. The molecule has 2 amide bonds. The molecule has 0 aliphatic carbocycles. The van der Waals surface area contributed by atoms with Gasteiger partial charge in [-0.05, 0) is 35.9 Å². The Labute approximate surface area is 198 Å². The van der Waals surface area contributed by atoms with E-state index in [4.69, 9.17) is 21.1 Å². The Morgan fingerprint density at radius 3 is 2.79 bits per heavy atom. The van der Waals surface area contributed by atoms with Crippen LogP contribution in [0.3, 0.4) is 0 Å². The monoisotopic (exact) mass is 466 g/mol. The predicted molar refractivity (Wildman–Crippen MR) is 129 cm³/mol. The minimum Gasteiger partial charge on any atom is -0.486 e. The van der Waals surface area contributed by atoms with Crippen LogP contribution in [0.15, 0.2) is 72.9 Å². The van der Waals surface area contributed by atoms with E-state index in [-0.39, 0.29) is 12.1 Å². The molecule has 4 rings (SSSR count). The lowest BCUT2D eigenvalue weighted by Crippen LogP contribution is -2.47. The first-order chi connectivity index (χ1) is 16.2. The first-order valence-electron chi connectivity index (χ1n) is 10.9. The summed E-state index contributed by atoms with van der Waals surface area (Å²) >= 11 is 6.32. The number of amides is 2. The third kappa shape index (κ3) is 7.18. The zero-order chi connectivity index (χ0) is 22.9. The van der Waals surface area contributed by atoms with Gasteiger partial charge >= 0.3 is 6.03 Å². The van der Waals surface area contributed by atoms with Crippen molar-refractivity contribution in [3.05, 3.63) is 89.2 Å². The SMILES string of the molecule is O=C(NCC1CN(Cc2ccccc2)CCO1)Nc1ccc(OCc2ccccn2)c(Cl)c1. The molecule has 8 heteroatoms. The molecule has 1 fully saturated rings. The van der Waals surface area contributed by atoms with Gasteiger partial charge in [0.1, 0.15) is 12.4 Å². The van der Waals surface area contributed by atoms with E-state index in [0.717, 1.165) is 25.3 Å². The van der Waals surface area contributed by atoms with E-state index in [9.17, 15) is 4.79 Å². The third-order valence-electron chi connectivity index (χ3n) is 5.25. The zero-order valence-electron chi connectivity index (χ0n) is 18.2. The molecule has 1 unspecified atom stereocenters. The van der Waals surface area contributed by atoms with Gasteiger partial charge in [-0.2, -0.15) is 0 Å². The second-order valence-electron chi connectivity index (χ2n) is 7.80. The fraction of sp³-hybridized carbons (Fsp3) is 0.280. The molecule has 0 bridgehead atoms. The summed E-state index contributed by atoms with van der Waals surface area (Å²) in [6, 6.07) is 20.8. The summed E-state index contributed by atoms with van der Waals surface area (Å²) in [5.41, 5.74) is 2.66. The van der Waals surface area contributed by atoms with Gasteiger partial charge < -0.3 is 20.1 Å². The Bertz CT molecular complexity index is 1040. The highest BCUT2D eigenvalue weighted by atomic mass is 35.5. The maximum Gasteiger partial charge on any atom is 0.319 e. The van der Waals surface area contributed by atoms with Crippen LogP contribution in [-0.4, -0.2) is 48.3 Å². The van der Waals surface area contributed by atoms with Crippen LogP contribution < -0.4 is 15.4 Å². The number of carbonyl (C=O) groups is 1. The second-order valence-corrected chi connectivity index (χ2v) is 8.21. The van der Waals surface area contributed by atoms with Crippen molar-refractivity contribution in [1.82, 2.24) is 15.2 Å². The summed E-state index contributed by atoms with van der Waals surface area (Å²) in [6.45, 7) is 3.91. The number of pyridine rings is 1. The fourth-order valence-electron chi connectivity index (χ4n) is 3.60. The van der Waals surface area contributed by atoms with Crippen LogP contribution in [0.2, 0.25) is 5.02 Å². The molecule has 172 valence electrons. The molecule has 1 aliphatic heterocycles. The molecule has 1 saturated heterocycles. The Hall–Kier alpha value is -3.13. The van der Waals surface area contributed by atoms with Crippen LogP contribution in [0.5, 0.6) is 5.75 Å². The summed E-state index contributed by atoms with van der Waals surface area (Å²) < 4.78 is 11.5. The summed E-state index contributed by atoms with van der Waals surface area (Å²) in [7, 11) is 0. The van der Waals surface area contributed by atoms with Crippen LogP contribution in [0.4, 0.5) is 10.5 Å². The largest absolute Gasteiger partial charge is 0.486 e.